The van der Waals surface area contributed by atoms with Crippen LogP contribution in [0.1, 0.15) is 6.92 Å². The van der Waals surface area contributed by atoms with E-state index >= 15 is 0 Å². The summed E-state index contributed by atoms with van der Waals surface area (Å²) in [6, 6.07) is 0. The number of rotatable bonds is 2. The van der Waals surface area contributed by atoms with Gasteiger partial charge in [-0.3, -0.25) is 4.74 Å². The predicted octanol–water partition coefficient (Wildman–Crippen LogP) is 1.93. The van der Waals surface area contributed by atoms with Gasteiger partial charge in [0.25, 0.3) is 0 Å². The predicted molar refractivity (Wildman–Crippen MR) is 22.2 cm³/mol. The van der Waals surface area contributed by atoms with Crippen molar-refractivity contribution in [3.05, 3.63) is 0 Å². The first-order chi connectivity index (χ1) is 4.67. The van der Waals surface area contributed by atoms with Crippen LogP contribution in [-0.2, 0) is 9.84 Å². The SMILES string of the molecule is CC([O])OC(F)(F)C(F)(F)F. The summed E-state index contributed by atoms with van der Waals surface area (Å²) in [6.07, 6.45) is -13.6. The first-order valence-electron chi connectivity index (χ1n) is 2.45. The molecule has 1 atom stereocenters. The molecular weight excluding hydrogens is 175 g/mol. The molecule has 11 heavy (non-hydrogen) atoms. The molecule has 0 heterocycles. The van der Waals surface area contributed by atoms with E-state index < -0.39 is 18.6 Å². The van der Waals surface area contributed by atoms with Gasteiger partial charge in [-0.15, -0.1) is 0 Å². The van der Waals surface area contributed by atoms with Gasteiger partial charge < -0.3 is 0 Å². The third-order valence-corrected chi connectivity index (χ3v) is 0.644. The van der Waals surface area contributed by atoms with E-state index in [4.69, 9.17) is 0 Å². The molecule has 0 aliphatic heterocycles. The van der Waals surface area contributed by atoms with Crippen molar-refractivity contribution in [2.75, 3.05) is 0 Å². The first kappa shape index (κ1) is 10.6. The van der Waals surface area contributed by atoms with Gasteiger partial charge in [0.05, 0.1) is 0 Å². The number of ether oxygens (including phenoxy) is 1. The van der Waals surface area contributed by atoms with Crippen LogP contribution in [0.5, 0.6) is 0 Å². The zero-order valence-corrected chi connectivity index (χ0v) is 5.28. The molecule has 0 aliphatic rings. The third-order valence-electron chi connectivity index (χ3n) is 0.644. The second-order valence-corrected chi connectivity index (χ2v) is 1.70. The van der Waals surface area contributed by atoms with Crippen LogP contribution in [-0.4, -0.2) is 18.6 Å². The van der Waals surface area contributed by atoms with E-state index in [0.29, 0.717) is 6.92 Å². The summed E-state index contributed by atoms with van der Waals surface area (Å²) in [5, 5.41) is 9.79. The minimum absolute atomic E-state index is 0.541. The molecule has 0 saturated heterocycles. The largest absolute Gasteiger partial charge is 0.483 e. The van der Waals surface area contributed by atoms with Gasteiger partial charge in [0.2, 0.25) is 0 Å². The molecule has 67 valence electrons. The minimum Gasteiger partial charge on any atom is -0.281 e. The molecule has 2 nitrogen and oxygen atoms in total. The Kier molecular flexibility index (Phi) is 2.79. The zero-order valence-electron chi connectivity index (χ0n) is 5.28. The molecule has 0 fully saturated rings. The normalized spacial score (nSPS) is 16.6. The van der Waals surface area contributed by atoms with Gasteiger partial charge in [-0.2, -0.15) is 22.0 Å². The molecule has 0 rings (SSSR count). The topological polar surface area (TPSA) is 29.1 Å². The Labute approximate surface area is 58.6 Å². The fourth-order valence-electron chi connectivity index (χ4n) is 0.275. The van der Waals surface area contributed by atoms with E-state index in [1.54, 1.807) is 0 Å². The van der Waals surface area contributed by atoms with E-state index in [2.05, 4.69) is 4.74 Å². The maximum atomic E-state index is 11.6. The molecule has 7 heteroatoms. The summed E-state index contributed by atoms with van der Waals surface area (Å²) in [7, 11) is 0. The van der Waals surface area contributed by atoms with Crippen molar-refractivity contribution in [2.24, 2.45) is 0 Å². The average molecular weight is 179 g/mol. The molecule has 0 amide bonds. The van der Waals surface area contributed by atoms with E-state index in [0.717, 1.165) is 0 Å². The summed E-state index contributed by atoms with van der Waals surface area (Å²) < 4.78 is 59.6. The highest BCUT2D eigenvalue weighted by molar-refractivity contribution is 4.63. The van der Waals surface area contributed by atoms with E-state index in [9.17, 15) is 27.1 Å². The van der Waals surface area contributed by atoms with Gasteiger partial charge in [-0.1, -0.05) is 0 Å². The molecule has 0 aromatic heterocycles. The lowest BCUT2D eigenvalue weighted by atomic mass is 10.6. The third kappa shape index (κ3) is 2.98. The van der Waals surface area contributed by atoms with Gasteiger partial charge in [0.1, 0.15) is 0 Å². The van der Waals surface area contributed by atoms with E-state index in [1.165, 1.54) is 0 Å². The highest BCUT2D eigenvalue weighted by Crippen LogP contribution is 2.36. The molecule has 1 radical (unpaired) electrons. The molecular formula is C4H4F5O2. The summed E-state index contributed by atoms with van der Waals surface area (Å²) in [5.41, 5.74) is 0. The van der Waals surface area contributed by atoms with Gasteiger partial charge >= 0.3 is 12.3 Å². The fourth-order valence-corrected chi connectivity index (χ4v) is 0.275. The van der Waals surface area contributed by atoms with Crippen molar-refractivity contribution >= 4 is 0 Å². The van der Waals surface area contributed by atoms with Crippen molar-refractivity contribution in [3.8, 4) is 0 Å². The number of hydrogen-bond acceptors (Lipinski definition) is 1. The van der Waals surface area contributed by atoms with Crippen LogP contribution >= 0.6 is 0 Å². The van der Waals surface area contributed by atoms with E-state index in [1.807, 2.05) is 0 Å². The summed E-state index contributed by atoms with van der Waals surface area (Å²) in [4.78, 5) is 0. The first-order valence-corrected chi connectivity index (χ1v) is 2.45. The molecule has 0 bridgehead atoms. The Bertz CT molecular complexity index is 129. The standard InChI is InChI=1S/C4H4F5O2/c1-2(10)11-4(8,9)3(5,6)7/h2H,1H3. The van der Waals surface area contributed by atoms with Crippen LogP contribution in [0.2, 0.25) is 0 Å². The van der Waals surface area contributed by atoms with Crippen LogP contribution in [0.4, 0.5) is 22.0 Å². The number of halogens is 5. The molecule has 0 N–H and O–H groups in total. The highest BCUT2D eigenvalue weighted by atomic mass is 19.4. The number of hydrogen-bond donors (Lipinski definition) is 0. The molecule has 0 aliphatic carbocycles. The molecule has 0 aromatic rings. The smallest absolute Gasteiger partial charge is 0.281 e. The van der Waals surface area contributed by atoms with Crippen molar-refractivity contribution in [1.82, 2.24) is 0 Å². The summed E-state index contributed by atoms with van der Waals surface area (Å²) in [6.45, 7) is 0.541. The lowest BCUT2D eigenvalue weighted by Gasteiger charge is -2.19. The maximum Gasteiger partial charge on any atom is 0.483 e. The Morgan fingerprint density at radius 2 is 1.55 bits per heavy atom. The van der Waals surface area contributed by atoms with Crippen molar-refractivity contribution < 1.29 is 31.8 Å². The minimum atomic E-state index is -5.83. The lowest BCUT2D eigenvalue weighted by molar-refractivity contribution is -0.423. The molecule has 1 unspecified atom stereocenters. The van der Waals surface area contributed by atoms with Crippen molar-refractivity contribution in [3.63, 3.8) is 0 Å². The quantitative estimate of drug-likeness (QED) is 0.470. The monoisotopic (exact) mass is 179 g/mol. The fraction of sp³-hybridized carbons (Fsp3) is 1.00. The average Bonchev–Trinajstić information content (AvgIpc) is 1.56. The van der Waals surface area contributed by atoms with Crippen LogP contribution in [0, 0.1) is 0 Å². The zero-order chi connectivity index (χ0) is 9.28. The van der Waals surface area contributed by atoms with Crippen molar-refractivity contribution in [2.45, 2.75) is 25.5 Å². The van der Waals surface area contributed by atoms with Crippen molar-refractivity contribution in [1.29, 1.82) is 0 Å². The van der Waals surface area contributed by atoms with Gasteiger partial charge in [0.15, 0.2) is 6.29 Å². The summed E-state index contributed by atoms with van der Waals surface area (Å²) >= 11 is 0. The molecule has 0 saturated carbocycles. The summed E-state index contributed by atoms with van der Waals surface area (Å²) in [5.74, 6) is 0. The maximum absolute atomic E-state index is 11.6. The molecule has 0 spiro atoms. The van der Waals surface area contributed by atoms with Crippen LogP contribution in [0.25, 0.3) is 0 Å². The highest BCUT2D eigenvalue weighted by Gasteiger charge is 2.60. The Morgan fingerprint density at radius 1 is 1.18 bits per heavy atom. The van der Waals surface area contributed by atoms with E-state index in [-0.39, 0.29) is 0 Å². The van der Waals surface area contributed by atoms with Gasteiger partial charge in [-0.25, -0.2) is 5.11 Å². The van der Waals surface area contributed by atoms with Gasteiger partial charge in [0, 0.05) is 0 Å². The van der Waals surface area contributed by atoms with Crippen LogP contribution in [0.3, 0.4) is 0 Å². The lowest BCUT2D eigenvalue weighted by Crippen LogP contribution is -2.41. The molecule has 0 aromatic carbocycles. The van der Waals surface area contributed by atoms with Gasteiger partial charge in [-0.05, 0) is 6.92 Å². The Hall–Kier alpha value is -0.430. The van der Waals surface area contributed by atoms with Crippen LogP contribution in [0.15, 0.2) is 0 Å². The second kappa shape index (κ2) is 2.90. The van der Waals surface area contributed by atoms with Crippen LogP contribution < -0.4 is 0 Å². The second-order valence-electron chi connectivity index (χ2n) is 1.70. The Balaban J connectivity index is 4.22. The Morgan fingerprint density at radius 3 is 1.64 bits per heavy atom. The number of alkyl halides is 5.